The molecule has 25 heavy (non-hydrogen) atoms. The lowest BCUT2D eigenvalue weighted by molar-refractivity contribution is -0.120. The van der Waals surface area contributed by atoms with Gasteiger partial charge in [0.05, 0.1) is 11.9 Å². The number of carbonyl (C=O) groups is 1. The van der Waals surface area contributed by atoms with E-state index in [1.807, 2.05) is 38.0 Å². The van der Waals surface area contributed by atoms with Crippen LogP contribution in [-0.4, -0.2) is 44.4 Å². The van der Waals surface area contributed by atoms with Gasteiger partial charge in [0.25, 0.3) is 0 Å². The number of aromatic nitrogens is 3. The van der Waals surface area contributed by atoms with E-state index in [9.17, 15) is 4.79 Å². The van der Waals surface area contributed by atoms with Gasteiger partial charge in [-0.1, -0.05) is 5.16 Å². The second-order valence-electron chi connectivity index (χ2n) is 7.49. The molecule has 0 aliphatic carbocycles. The van der Waals surface area contributed by atoms with Gasteiger partial charge in [0, 0.05) is 56.3 Å². The van der Waals surface area contributed by atoms with Crippen LogP contribution in [0, 0.1) is 13.8 Å². The maximum absolute atomic E-state index is 12.2. The summed E-state index contributed by atoms with van der Waals surface area (Å²) in [5.41, 5.74) is 3.20. The van der Waals surface area contributed by atoms with Crippen LogP contribution < -0.4 is 5.32 Å². The number of likely N-dealkylation sites (tertiary alicyclic amines) is 1. The van der Waals surface area contributed by atoms with Crippen molar-refractivity contribution in [1.29, 1.82) is 0 Å². The molecule has 0 radical (unpaired) electrons. The maximum atomic E-state index is 12.2. The molecule has 1 N–H and O–H groups in total. The third kappa shape index (κ3) is 2.86. The number of aryl methyl sites for hydroxylation is 3. The average molecular weight is 343 g/mol. The van der Waals surface area contributed by atoms with E-state index in [0.29, 0.717) is 6.42 Å². The van der Waals surface area contributed by atoms with Gasteiger partial charge in [-0.15, -0.1) is 0 Å². The zero-order valence-corrected chi connectivity index (χ0v) is 15.1. The minimum absolute atomic E-state index is 0.130. The van der Waals surface area contributed by atoms with Crippen LogP contribution in [0.3, 0.4) is 0 Å². The van der Waals surface area contributed by atoms with Crippen molar-refractivity contribution in [2.75, 3.05) is 13.1 Å². The van der Waals surface area contributed by atoms with E-state index in [1.54, 1.807) is 0 Å². The molecule has 2 aliphatic heterocycles. The van der Waals surface area contributed by atoms with Crippen molar-refractivity contribution < 1.29 is 9.32 Å². The summed E-state index contributed by atoms with van der Waals surface area (Å²) in [7, 11) is 1.92. The first-order valence-electron chi connectivity index (χ1n) is 8.90. The van der Waals surface area contributed by atoms with E-state index in [2.05, 4.69) is 20.5 Å². The summed E-state index contributed by atoms with van der Waals surface area (Å²) in [6.07, 6.45) is 6.44. The van der Waals surface area contributed by atoms with E-state index < -0.39 is 0 Å². The smallest absolute Gasteiger partial charge is 0.221 e. The lowest BCUT2D eigenvalue weighted by Crippen LogP contribution is -2.53. The summed E-state index contributed by atoms with van der Waals surface area (Å²) in [5.74, 6) is 1.28. The first-order chi connectivity index (χ1) is 12.0. The summed E-state index contributed by atoms with van der Waals surface area (Å²) < 4.78 is 7.10. The molecule has 2 aromatic rings. The van der Waals surface area contributed by atoms with Gasteiger partial charge in [0.2, 0.25) is 5.91 Å². The zero-order valence-electron chi connectivity index (χ0n) is 15.1. The van der Waals surface area contributed by atoms with Gasteiger partial charge < -0.3 is 9.84 Å². The average Bonchev–Trinajstić information content (AvgIpc) is 3.23. The van der Waals surface area contributed by atoms with Crippen LogP contribution in [0.4, 0.5) is 0 Å². The largest absolute Gasteiger partial charge is 0.361 e. The highest BCUT2D eigenvalue weighted by Crippen LogP contribution is 2.43. The highest BCUT2D eigenvalue weighted by Gasteiger charge is 2.49. The highest BCUT2D eigenvalue weighted by molar-refractivity contribution is 5.81. The summed E-state index contributed by atoms with van der Waals surface area (Å²) in [4.78, 5) is 14.6. The van der Waals surface area contributed by atoms with Gasteiger partial charge in [0.15, 0.2) is 0 Å². The lowest BCUT2D eigenvalue weighted by atomic mass is 9.75. The van der Waals surface area contributed by atoms with Crippen molar-refractivity contribution in [3.63, 3.8) is 0 Å². The van der Waals surface area contributed by atoms with Gasteiger partial charge in [-0.25, -0.2) is 0 Å². The van der Waals surface area contributed by atoms with Crippen LogP contribution >= 0.6 is 0 Å². The number of nitrogens with one attached hydrogen (secondary N) is 1. The van der Waals surface area contributed by atoms with Crippen LogP contribution in [0.15, 0.2) is 16.9 Å². The number of nitrogens with zero attached hydrogens (tertiary/aromatic N) is 4. The standard InChI is InChI=1S/C18H25N5O2/c1-12-15(13(2)25-21-12)11-23-6-4-18(5-7-23)16(8-17(24)20-18)14-9-19-22(3)10-14/h9-10,16H,4-8,11H2,1-3H3,(H,20,24)/t16-/m1/s1. The normalized spacial score (nSPS) is 23.3. The van der Waals surface area contributed by atoms with Crippen LogP contribution in [0.25, 0.3) is 0 Å². The number of hydrogen-bond donors (Lipinski definition) is 1. The predicted molar refractivity (Wildman–Crippen MR) is 91.9 cm³/mol. The Morgan fingerprint density at radius 2 is 2.12 bits per heavy atom. The molecule has 2 aliphatic rings. The topological polar surface area (TPSA) is 76.2 Å². The second kappa shape index (κ2) is 5.98. The zero-order chi connectivity index (χ0) is 17.6. The highest BCUT2D eigenvalue weighted by atomic mass is 16.5. The van der Waals surface area contributed by atoms with Crippen molar-refractivity contribution in [1.82, 2.24) is 25.2 Å². The van der Waals surface area contributed by atoms with Gasteiger partial charge in [-0.3, -0.25) is 14.4 Å². The molecule has 1 amide bonds. The van der Waals surface area contributed by atoms with E-state index in [4.69, 9.17) is 4.52 Å². The summed E-state index contributed by atoms with van der Waals surface area (Å²) in [6.45, 7) is 6.74. The number of rotatable bonds is 3. The monoisotopic (exact) mass is 343 g/mol. The molecule has 4 heterocycles. The number of amides is 1. The Balaban J connectivity index is 1.48. The van der Waals surface area contributed by atoms with Crippen LogP contribution in [0.5, 0.6) is 0 Å². The Bertz CT molecular complexity index is 766. The van der Waals surface area contributed by atoms with Gasteiger partial charge in [0.1, 0.15) is 5.76 Å². The fourth-order valence-electron chi connectivity index (χ4n) is 4.39. The fraction of sp³-hybridized carbons (Fsp3) is 0.611. The van der Waals surface area contributed by atoms with Crippen molar-refractivity contribution >= 4 is 5.91 Å². The molecule has 0 aromatic carbocycles. The lowest BCUT2D eigenvalue weighted by Gasteiger charge is -2.42. The molecule has 7 heteroatoms. The molecule has 0 bridgehead atoms. The minimum atomic E-state index is -0.130. The molecule has 2 aromatic heterocycles. The van der Waals surface area contributed by atoms with Gasteiger partial charge >= 0.3 is 0 Å². The van der Waals surface area contributed by atoms with Crippen molar-refractivity contribution in [3.05, 3.63) is 35.0 Å². The van der Waals surface area contributed by atoms with Crippen molar-refractivity contribution in [2.45, 2.75) is 51.1 Å². The molecule has 0 unspecified atom stereocenters. The quantitative estimate of drug-likeness (QED) is 0.917. The Morgan fingerprint density at radius 1 is 1.36 bits per heavy atom. The van der Waals surface area contributed by atoms with Crippen LogP contribution in [0.2, 0.25) is 0 Å². The minimum Gasteiger partial charge on any atom is -0.361 e. The maximum Gasteiger partial charge on any atom is 0.221 e. The molecular weight excluding hydrogens is 318 g/mol. The molecule has 7 nitrogen and oxygen atoms in total. The Hall–Kier alpha value is -2.15. The van der Waals surface area contributed by atoms with Gasteiger partial charge in [-0.05, 0) is 32.3 Å². The summed E-state index contributed by atoms with van der Waals surface area (Å²) >= 11 is 0. The molecular formula is C18H25N5O2. The first kappa shape index (κ1) is 16.3. The van der Waals surface area contributed by atoms with E-state index in [0.717, 1.165) is 43.9 Å². The SMILES string of the molecule is Cc1noc(C)c1CN1CCC2(CC1)NC(=O)C[C@@H]2c1cnn(C)c1. The molecule has 0 saturated carbocycles. The third-order valence-corrected chi connectivity index (χ3v) is 5.88. The summed E-state index contributed by atoms with van der Waals surface area (Å²) in [5, 5.41) is 11.6. The summed E-state index contributed by atoms with van der Waals surface area (Å²) in [6, 6.07) is 0. The number of piperidine rings is 1. The van der Waals surface area contributed by atoms with Crippen LogP contribution in [0.1, 0.15) is 47.8 Å². The van der Waals surface area contributed by atoms with Crippen LogP contribution in [-0.2, 0) is 18.4 Å². The first-order valence-corrected chi connectivity index (χ1v) is 8.90. The fourth-order valence-corrected chi connectivity index (χ4v) is 4.39. The van der Waals surface area contributed by atoms with Crippen molar-refractivity contribution in [3.8, 4) is 0 Å². The molecule has 1 atom stereocenters. The van der Waals surface area contributed by atoms with E-state index >= 15 is 0 Å². The molecule has 134 valence electrons. The molecule has 4 rings (SSSR count). The van der Waals surface area contributed by atoms with E-state index in [-0.39, 0.29) is 17.4 Å². The molecule has 2 saturated heterocycles. The Labute approximate surface area is 147 Å². The molecule has 2 fully saturated rings. The third-order valence-electron chi connectivity index (χ3n) is 5.88. The second-order valence-corrected chi connectivity index (χ2v) is 7.49. The molecule has 1 spiro atoms. The number of carbonyl (C=O) groups excluding carboxylic acids is 1. The number of hydrogen-bond acceptors (Lipinski definition) is 5. The predicted octanol–water partition coefficient (Wildman–Crippen LogP) is 1.66. The Kier molecular flexibility index (Phi) is 3.91. The van der Waals surface area contributed by atoms with Gasteiger partial charge in [-0.2, -0.15) is 5.10 Å². The van der Waals surface area contributed by atoms with E-state index in [1.165, 1.54) is 11.1 Å². The Morgan fingerprint density at radius 3 is 2.72 bits per heavy atom. The van der Waals surface area contributed by atoms with Crippen molar-refractivity contribution in [2.24, 2.45) is 7.05 Å².